The van der Waals surface area contributed by atoms with E-state index in [9.17, 15) is 28.3 Å². The molecule has 37 heavy (non-hydrogen) atoms. The molecule has 2 saturated heterocycles. The lowest BCUT2D eigenvalue weighted by atomic mass is 9.91. The van der Waals surface area contributed by atoms with Gasteiger partial charge in [-0.25, -0.2) is 18.4 Å². The Bertz CT molecular complexity index is 1200. The van der Waals surface area contributed by atoms with Crippen molar-refractivity contribution in [3.8, 4) is 5.88 Å². The largest absolute Gasteiger partial charge is 0.471 e. The molecule has 5 N–H and O–H groups in total. The molecule has 2 fully saturated rings. The zero-order valence-corrected chi connectivity index (χ0v) is 21.1. The van der Waals surface area contributed by atoms with Crippen LogP contribution in [0.2, 0.25) is 5.02 Å². The van der Waals surface area contributed by atoms with Crippen LogP contribution in [0.25, 0.3) is 0 Å². The van der Waals surface area contributed by atoms with Gasteiger partial charge in [0, 0.05) is 44.3 Å². The minimum atomic E-state index is -0.916. The van der Waals surface area contributed by atoms with Crippen LogP contribution in [0.3, 0.4) is 0 Å². The number of piperidine rings is 1. The molecule has 4 rings (SSSR count). The summed E-state index contributed by atoms with van der Waals surface area (Å²) in [6.45, 7) is 2.27. The third-order valence-corrected chi connectivity index (χ3v) is 7.45. The number of carbonyl (C=O) groups excluding carboxylic acids is 2. The molecule has 1 aromatic carbocycles. The number of fused-ring (bicyclic) bond motifs is 1. The van der Waals surface area contributed by atoms with E-state index in [-0.39, 0.29) is 39.0 Å². The summed E-state index contributed by atoms with van der Waals surface area (Å²) in [6.07, 6.45) is 0.761. The highest BCUT2D eigenvalue weighted by molar-refractivity contribution is 7.11. The lowest BCUT2D eigenvalue weighted by Gasteiger charge is -2.45. The molecule has 4 amide bonds. The summed E-state index contributed by atoms with van der Waals surface area (Å²) in [6, 6.07) is 1.30. The highest BCUT2D eigenvalue weighted by atomic mass is 35.5. The fraction of sp³-hybridized carbons (Fsp3) is 0.455. The highest BCUT2D eigenvalue weighted by Gasteiger charge is 2.34. The Labute approximate surface area is 219 Å². The molecule has 0 bridgehead atoms. The van der Waals surface area contributed by atoms with E-state index in [4.69, 9.17) is 22.1 Å². The Balaban J connectivity index is 1.30. The minimum absolute atomic E-state index is 0.0521. The number of amides is 4. The van der Waals surface area contributed by atoms with Gasteiger partial charge in [-0.2, -0.15) is 4.37 Å². The van der Waals surface area contributed by atoms with Crippen LogP contribution in [-0.2, 0) is 6.61 Å². The number of primary amides is 1. The van der Waals surface area contributed by atoms with Crippen LogP contribution in [-0.4, -0.2) is 76.1 Å². The molecule has 0 saturated carbocycles. The molecule has 1 aromatic heterocycles. The Morgan fingerprint density at radius 1 is 1.22 bits per heavy atom. The quantitative estimate of drug-likeness (QED) is 0.381. The summed E-state index contributed by atoms with van der Waals surface area (Å²) in [5.41, 5.74) is 5.11. The zero-order valence-electron chi connectivity index (χ0n) is 19.5. The fourth-order valence-corrected chi connectivity index (χ4v) is 5.37. The normalized spacial score (nSPS) is 19.7. The number of nitrogens with one attached hydrogen (secondary N) is 2. The van der Waals surface area contributed by atoms with E-state index in [0.29, 0.717) is 26.2 Å². The number of benzene rings is 1. The summed E-state index contributed by atoms with van der Waals surface area (Å²) in [7, 11) is 0. The maximum atomic E-state index is 14.0. The van der Waals surface area contributed by atoms with E-state index >= 15 is 0 Å². The van der Waals surface area contributed by atoms with Gasteiger partial charge in [0.25, 0.3) is 5.91 Å². The summed E-state index contributed by atoms with van der Waals surface area (Å²) >= 11 is 6.30. The molecule has 2 aliphatic heterocycles. The summed E-state index contributed by atoms with van der Waals surface area (Å²) in [5, 5.41) is 14.2. The second kappa shape index (κ2) is 11.4. The molecule has 2 aromatic rings. The molecule has 2 atom stereocenters. The number of ether oxygens (including phenoxy) is 1. The van der Waals surface area contributed by atoms with E-state index < -0.39 is 36.3 Å². The Morgan fingerprint density at radius 3 is 2.73 bits per heavy atom. The predicted molar refractivity (Wildman–Crippen MR) is 131 cm³/mol. The Morgan fingerprint density at radius 2 is 2.00 bits per heavy atom. The van der Waals surface area contributed by atoms with Gasteiger partial charge in [0.1, 0.15) is 28.8 Å². The lowest BCUT2D eigenvalue weighted by Crippen LogP contribution is -2.58. The zero-order chi connectivity index (χ0) is 26.7. The van der Waals surface area contributed by atoms with Gasteiger partial charge in [0.2, 0.25) is 5.88 Å². The lowest BCUT2D eigenvalue weighted by molar-refractivity contribution is 0.0311. The van der Waals surface area contributed by atoms with Gasteiger partial charge in [0.15, 0.2) is 0 Å². The second-order valence-corrected chi connectivity index (χ2v) is 10.0. The number of piperazine rings is 1. The molecule has 0 aliphatic carbocycles. The van der Waals surface area contributed by atoms with Gasteiger partial charge in [-0.05, 0) is 42.4 Å². The number of nitrogens with two attached hydrogens (primary N) is 1. The highest BCUT2D eigenvalue weighted by Crippen LogP contribution is 2.31. The Kier molecular flexibility index (Phi) is 8.29. The third-order valence-electron chi connectivity index (χ3n) is 6.42. The number of hydrogen-bond donors (Lipinski definition) is 4. The van der Waals surface area contributed by atoms with Crippen molar-refractivity contribution in [3.63, 3.8) is 0 Å². The smallest absolute Gasteiger partial charge is 0.407 e. The standard InChI is InChI=1S/C22H25ClF2N6O5S/c23-14-6-15(24)12(5-16(14)25)10-36-19-17(18(26)32)20(37-29-19)28-21(33)27-7-11-1-2-13-9-31(22(34)35)4-3-30(13)8-11/h5-6,11,13H,1-4,7-10H2,(H2,26,32)(H,34,35)(H2,27,28,33). The van der Waals surface area contributed by atoms with Crippen LogP contribution in [0.5, 0.6) is 5.88 Å². The van der Waals surface area contributed by atoms with Gasteiger partial charge in [-0.1, -0.05) is 11.6 Å². The van der Waals surface area contributed by atoms with Gasteiger partial charge < -0.3 is 25.8 Å². The molecular formula is C22H25ClF2N6O5S. The van der Waals surface area contributed by atoms with Crippen molar-refractivity contribution in [1.29, 1.82) is 0 Å². The van der Waals surface area contributed by atoms with Crippen molar-refractivity contribution in [3.05, 3.63) is 39.9 Å². The summed E-state index contributed by atoms with van der Waals surface area (Å²) < 4.78 is 37.0. The summed E-state index contributed by atoms with van der Waals surface area (Å²) in [5.74, 6) is -2.58. The maximum Gasteiger partial charge on any atom is 0.407 e. The van der Waals surface area contributed by atoms with Gasteiger partial charge in [0.05, 0.1) is 5.02 Å². The van der Waals surface area contributed by atoms with E-state index in [0.717, 1.165) is 43.1 Å². The van der Waals surface area contributed by atoms with Crippen molar-refractivity contribution in [2.24, 2.45) is 11.7 Å². The first-order valence-corrected chi connectivity index (χ1v) is 12.6. The van der Waals surface area contributed by atoms with Crippen LogP contribution >= 0.6 is 23.1 Å². The van der Waals surface area contributed by atoms with E-state index in [1.165, 1.54) is 4.90 Å². The molecule has 0 spiro atoms. The number of aromatic nitrogens is 1. The van der Waals surface area contributed by atoms with Gasteiger partial charge in [-0.3, -0.25) is 15.0 Å². The molecule has 0 radical (unpaired) electrons. The van der Waals surface area contributed by atoms with Crippen molar-refractivity contribution in [2.45, 2.75) is 25.5 Å². The Hall–Kier alpha value is -3.23. The monoisotopic (exact) mass is 558 g/mol. The molecule has 2 unspecified atom stereocenters. The van der Waals surface area contributed by atoms with Crippen molar-refractivity contribution < 1.29 is 33.0 Å². The molecule has 15 heteroatoms. The fourth-order valence-electron chi connectivity index (χ4n) is 4.48. The number of anilines is 1. The number of halogens is 3. The molecule has 3 heterocycles. The van der Waals surface area contributed by atoms with Crippen LogP contribution in [0.4, 0.5) is 23.4 Å². The van der Waals surface area contributed by atoms with Crippen LogP contribution < -0.4 is 21.1 Å². The first-order valence-electron chi connectivity index (χ1n) is 11.4. The molecule has 200 valence electrons. The average molecular weight is 559 g/mol. The number of carbonyl (C=O) groups is 3. The van der Waals surface area contributed by atoms with Crippen LogP contribution in [0.15, 0.2) is 12.1 Å². The van der Waals surface area contributed by atoms with Crippen LogP contribution in [0.1, 0.15) is 28.8 Å². The average Bonchev–Trinajstić information content (AvgIpc) is 3.26. The van der Waals surface area contributed by atoms with Crippen molar-refractivity contribution in [1.82, 2.24) is 19.5 Å². The summed E-state index contributed by atoms with van der Waals surface area (Å²) in [4.78, 5) is 39.4. The topological polar surface area (TPSA) is 150 Å². The predicted octanol–water partition coefficient (Wildman–Crippen LogP) is 2.95. The van der Waals surface area contributed by atoms with Gasteiger partial charge in [-0.15, -0.1) is 0 Å². The van der Waals surface area contributed by atoms with E-state index in [1.54, 1.807) is 0 Å². The number of carboxylic acid groups (broad SMARTS) is 1. The molecule has 11 nitrogen and oxygen atoms in total. The molecular weight excluding hydrogens is 534 g/mol. The first kappa shape index (κ1) is 26.8. The van der Waals surface area contributed by atoms with E-state index in [1.807, 2.05) is 0 Å². The number of rotatable bonds is 7. The minimum Gasteiger partial charge on any atom is -0.471 e. The number of hydrogen-bond acceptors (Lipinski definition) is 7. The van der Waals surface area contributed by atoms with Crippen LogP contribution in [0, 0.1) is 17.6 Å². The van der Waals surface area contributed by atoms with Crippen molar-refractivity contribution >= 4 is 46.2 Å². The van der Waals surface area contributed by atoms with Crippen molar-refractivity contribution in [2.75, 3.05) is 38.0 Å². The number of nitrogens with zero attached hydrogens (tertiary/aromatic N) is 3. The first-order chi connectivity index (χ1) is 17.6. The third kappa shape index (κ3) is 6.37. The number of urea groups is 1. The second-order valence-electron chi connectivity index (χ2n) is 8.86. The SMILES string of the molecule is NC(=O)c1c(OCc2cc(F)c(Cl)cc2F)nsc1NC(=O)NCC1CCC2CN(C(=O)O)CCN2C1. The maximum absolute atomic E-state index is 14.0. The van der Waals surface area contributed by atoms with Gasteiger partial charge >= 0.3 is 12.1 Å². The van der Waals surface area contributed by atoms with E-state index in [2.05, 4.69) is 19.9 Å². The molecule has 2 aliphatic rings.